The number of hydrogen-bond acceptors (Lipinski definition) is 5. The average molecular weight is 386 g/mol. The predicted octanol–water partition coefficient (Wildman–Crippen LogP) is 3.86. The van der Waals surface area contributed by atoms with Gasteiger partial charge in [-0.15, -0.1) is 0 Å². The summed E-state index contributed by atoms with van der Waals surface area (Å²) in [4.78, 5) is 7.19. The number of nitrogen functional groups attached to an aromatic ring is 1. The lowest BCUT2D eigenvalue weighted by Gasteiger charge is -2.21. The lowest BCUT2D eigenvalue weighted by Crippen LogP contribution is -2.34. The number of nitrogens with two attached hydrogens (primary N) is 1. The van der Waals surface area contributed by atoms with Crippen molar-refractivity contribution in [1.29, 1.82) is 0 Å². The van der Waals surface area contributed by atoms with Gasteiger partial charge in [-0.25, -0.2) is 19.0 Å². The average Bonchev–Trinajstić information content (AvgIpc) is 2.47. The van der Waals surface area contributed by atoms with Crippen LogP contribution in [-0.2, 0) is 0 Å². The minimum absolute atomic E-state index is 0.348. The molecule has 4 N–H and O–H groups in total. The molecular weight excluding hydrogens is 376 g/mol. The van der Waals surface area contributed by atoms with Crippen molar-refractivity contribution in [3.05, 3.63) is 34.7 Å². The summed E-state index contributed by atoms with van der Waals surface area (Å²) in [6.07, 6.45) is -4.69. The summed E-state index contributed by atoms with van der Waals surface area (Å²) in [5, 5.41) is 1.36. The van der Waals surface area contributed by atoms with E-state index in [0.29, 0.717) is 12.1 Å². The highest BCUT2D eigenvalue weighted by Gasteiger charge is 2.37. The van der Waals surface area contributed by atoms with E-state index in [1.165, 1.54) is 0 Å². The molecule has 1 aromatic carbocycles. The summed E-state index contributed by atoms with van der Waals surface area (Å²) in [5.41, 5.74) is 0.474. The van der Waals surface area contributed by atoms with E-state index >= 15 is 0 Å². The first-order valence-corrected chi connectivity index (χ1v) is 6.94. The molecule has 1 aromatic heterocycles. The Kier molecular flexibility index (Phi) is 5.28. The molecule has 25 heavy (non-hydrogen) atoms. The van der Waals surface area contributed by atoms with E-state index in [0.717, 1.165) is 6.92 Å². The molecule has 0 spiro atoms. The van der Waals surface area contributed by atoms with Gasteiger partial charge in [-0.3, -0.25) is 5.43 Å². The summed E-state index contributed by atoms with van der Waals surface area (Å²) >= 11 is 5.83. The lowest BCUT2D eigenvalue weighted by molar-refractivity contribution is -0.138. The molecule has 0 unspecified atom stereocenters. The molecule has 0 radical (unpaired) electrons. The minimum Gasteiger partial charge on any atom is -0.358 e. The summed E-state index contributed by atoms with van der Waals surface area (Å²) in [5.74, 6) is 0.0665. The van der Waals surface area contributed by atoms with E-state index in [-0.39, 0.29) is 0 Å². The van der Waals surface area contributed by atoms with Crippen LogP contribution < -0.4 is 16.6 Å². The first kappa shape index (κ1) is 19.1. The van der Waals surface area contributed by atoms with Crippen molar-refractivity contribution in [1.82, 2.24) is 9.97 Å². The molecule has 0 saturated heterocycles. The highest BCUT2D eigenvalue weighted by molar-refractivity contribution is 6.32. The number of anilines is 2. The molecule has 2 aromatic rings. The van der Waals surface area contributed by atoms with Gasteiger partial charge in [0.1, 0.15) is 34.5 Å². The molecule has 1 heterocycles. The summed E-state index contributed by atoms with van der Waals surface area (Å²) in [7, 11) is 0. The molecule has 136 valence electrons. The molecule has 12 heteroatoms. The molecule has 0 aliphatic carbocycles. The number of hydrogen-bond donors (Lipinski definition) is 3. The zero-order valence-electron chi connectivity index (χ0n) is 12.3. The summed E-state index contributed by atoms with van der Waals surface area (Å²) in [6, 6.07) is -1.45. The summed E-state index contributed by atoms with van der Waals surface area (Å²) in [6.45, 7) is 0.757. The van der Waals surface area contributed by atoms with Crippen molar-refractivity contribution >= 4 is 23.4 Å². The molecule has 1 atom stereocenters. The van der Waals surface area contributed by atoms with Crippen molar-refractivity contribution in [3.8, 4) is 11.1 Å². The van der Waals surface area contributed by atoms with Gasteiger partial charge in [-0.1, -0.05) is 11.6 Å². The Morgan fingerprint density at radius 3 is 2.12 bits per heavy atom. The van der Waals surface area contributed by atoms with Crippen LogP contribution in [0.15, 0.2) is 12.1 Å². The Balaban J connectivity index is 2.69. The quantitative estimate of drug-likeness (QED) is 0.322. The maximum absolute atomic E-state index is 14.0. The number of benzene rings is 1. The fraction of sp³-hybridized carbons (Fsp3) is 0.231. The molecular formula is C13H10ClF6N5. The van der Waals surface area contributed by atoms with E-state index in [4.69, 9.17) is 17.4 Å². The van der Waals surface area contributed by atoms with Gasteiger partial charge in [0.2, 0.25) is 5.95 Å². The van der Waals surface area contributed by atoms with Gasteiger partial charge in [-0.05, 0) is 6.92 Å². The van der Waals surface area contributed by atoms with Crippen LogP contribution in [0.5, 0.6) is 0 Å². The highest BCUT2D eigenvalue weighted by atomic mass is 35.5. The zero-order valence-corrected chi connectivity index (χ0v) is 13.1. The number of nitrogens with one attached hydrogen (secondary N) is 2. The van der Waals surface area contributed by atoms with Crippen molar-refractivity contribution in [3.63, 3.8) is 0 Å². The van der Waals surface area contributed by atoms with E-state index < -0.39 is 57.7 Å². The van der Waals surface area contributed by atoms with E-state index in [1.54, 1.807) is 0 Å². The van der Waals surface area contributed by atoms with Crippen LogP contribution in [-0.4, -0.2) is 22.2 Å². The van der Waals surface area contributed by atoms with Gasteiger partial charge in [-0.2, -0.15) is 23.1 Å². The van der Waals surface area contributed by atoms with E-state index in [2.05, 4.69) is 9.97 Å². The van der Waals surface area contributed by atoms with E-state index in [9.17, 15) is 26.3 Å². The van der Waals surface area contributed by atoms with Crippen molar-refractivity contribution < 1.29 is 26.3 Å². The SMILES string of the molecule is C[C@H](Nc1nc(NN)nc(Cl)c1-c1c(F)cc(F)cc1F)C(F)(F)F. The Morgan fingerprint density at radius 2 is 1.64 bits per heavy atom. The standard InChI is InChI=1S/C13H10ClF6N5/c1-4(13(18,19)20)22-11-9(10(14)23-12(24-11)25-21)8-6(16)2-5(15)3-7(8)17/h2-4H,21H2,1H3,(H2,22,23,24,25)/t4-/m0/s1. The Hall–Kier alpha value is -2.27. The van der Waals surface area contributed by atoms with Crippen molar-refractivity contribution in [2.24, 2.45) is 5.84 Å². The lowest BCUT2D eigenvalue weighted by atomic mass is 10.1. The first-order chi connectivity index (χ1) is 11.5. The molecule has 0 bridgehead atoms. The fourth-order valence-corrected chi connectivity index (χ4v) is 2.16. The Bertz CT molecular complexity index is 774. The number of rotatable bonds is 4. The van der Waals surface area contributed by atoms with Crippen molar-refractivity contribution in [2.45, 2.75) is 19.1 Å². The van der Waals surface area contributed by atoms with Crippen LogP contribution in [0.4, 0.5) is 38.1 Å². The molecule has 0 amide bonds. The normalized spacial score (nSPS) is 12.8. The second-order valence-electron chi connectivity index (χ2n) is 4.86. The van der Waals surface area contributed by atoms with Gasteiger partial charge in [0.05, 0.1) is 11.1 Å². The monoisotopic (exact) mass is 385 g/mol. The molecule has 0 aliphatic heterocycles. The smallest absolute Gasteiger partial charge is 0.358 e. The van der Waals surface area contributed by atoms with Gasteiger partial charge in [0.15, 0.2) is 0 Å². The number of hydrazine groups is 1. The van der Waals surface area contributed by atoms with Gasteiger partial charge >= 0.3 is 6.18 Å². The van der Waals surface area contributed by atoms with Gasteiger partial charge in [0.25, 0.3) is 0 Å². The van der Waals surface area contributed by atoms with Gasteiger partial charge in [0, 0.05) is 12.1 Å². The molecule has 2 rings (SSSR count). The van der Waals surface area contributed by atoms with Crippen LogP contribution >= 0.6 is 11.6 Å². The van der Waals surface area contributed by atoms with Crippen LogP contribution in [0.25, 0.3) is 11.1 Å². The number of alkyl halides is 3. The third-order valence-electron chi connectivity index (χ3n) is 3.10. The molecule has 0 aliphatic rings. The highest BCUT2D eigenvalue weighted by Crippen LogP contribution is 2.38. The van der Waals surface area contributed by atoms with Crippen molar-refractivity contribution in [2.75, 3.05) is 10.7 Å². The zero-order chi connectivity index (χ0) is 18.9. The third-order valence-corrected chi connectivity index (χ3v) is 3.37. The van der Waals surface area contributed by atoms with Crippen LogP contribution in [0.3, 0.4) is 0 Å². The van der Waals surface area contributed by atoms with E-state index in [1.807, 2.05) is 10.7 Å². The fourth-order valence-electron chi connectivity index (χ4n) is 1.89. The number of aromatic nitrogens is 2. The third kappa shape index (κ3) is 4.04. The predicted molar refractivity (Wildman–Crippen MR) is 79.3 cm³/mol. The maximum Gasteiger partial charge on any atom is 0.408 e. The first-order valence-electron chi connectivity index (χ1n) is 6.57. The minimum atomic E-state index is -4.69. The molecule has 0 fully saturated rings. The van der Waals surface area contributed by atoms with Gasteiger partial charge < -0.3 is 5.32 Å². The number of nitrogens with zero attached hydrogens (tertiary/aromatic N) is 2. The molecule has 0 saturated carbocycles. The Labute approximate surface area is 142 Å². The Morgan fingerprint density at radius 1 is 1.08 bits per heavy atom. The largest absolute Gasteiger partial charge is 0.408 e. The number of halogens is 7. The second-order valence-corrected chi connectivity index (χ2v) is 5.22. The summed E-state index contributed by atoms with van der Waals surface area (Å²) < 4.78 is 79.5. The molecule has 5 nitrogen and oxygen atoms in total. The van der Waals surface area contributed by atoms with Crippen LogP contribution in [0.2, 0.25) is 5.15 Å². The topological polar surface area (TPSA) is 75.9 Å². The second kappa shape index (κ2) is 6.92. The maximum atomic E-state index is 14.0. The van der Waals surface area contributed by atoms with Crippen LogP contribution in [0, 0.1) is 17.5 Å². The van der Waals surface area contributed by atoms with Crippen LogP contribution in [0.1, 0.15) is 6.92 Å².